The van der Waals surface area contributed by atoms with Gasteiger partial charge in [-0.25, -0.2) is 4.79 Å². The van der Waals surface area contributed by atoms with E-state index in [9.17, 15) is 9.59 Å². The Bertz CT molecular complexity index is 1170. The summed E-state index contributed by atoms with van der Waals surface area (Å²) >= 11 is 1.70. The van der Waals surface area contributed by atoms with Crippen molar-refractivity contribution in [2.75, 3.05) is 19.6 Å². The summed E-state index contributed by atoms with van der Waals surface area (Å²) in [5, 5.41) is 0.816. The van der Waals surface area contributed by atoms with E-state index in [0.29, 0.717) is 13.1 Å². The van der Waals surface area contributed by atoms with Crippen molar-refractivity contribution in [1.82, 2.24) is 14.0 Å². The van der Waals surface area contributed by atoms with Gasteiger partial charge in [-0.3, -0.25) is 13.9 Å². The maximum atomic E-state index is 13.6. The zero-order valence-corrected chi connectivity index (χ0v) is 19.0. The molecule has 0 unspecified atom stereocenters. The summed E-state index contributed by atoms with van der Waals surface area (Å²) in [6.07, 6.45) is 9.31. The smallest absolute Gasteiger partial charge is 0.302 e. The van der Waals surface area contributed by atoms with Crippen LogP contribution in [0.15, 0.2) is 39.9 Å². The van der Waals surface area contributed by atoms with Crippen LogP contribution in [0, 0.1) is 0 Å². The molecule has 2 aromatic heterocycles. The molecule has 164 valence electrons. The first-order chi connectivity index (χ1) is 15.2. The lowest BCUT2D eigenvalue weighted by atomic mass is 10.1. The molecular weight excluding hydrogens is 406 g/mol. The second-order valence-electron chi connectivity index (χ2n) is 8.96. The number of hydrogen-bond acceptors (Lipinski definition) is 4. The van der Waals surface area contributed by atoms with Gasteiger partial charge >= 0.3 is 5.69 Å². The molecular formula is C25H31N3O2S. The van der Waals surface area contributed by atoms with Crippen molar-refractivity contribution in [3.8, 4) is 0 Å². The van der Waals surface area contributed by atoms with E-state index < -0.39 is 0 Å². The minimum absolute atomic E-state index is 0.0996. The first-order valence-electron chi connectivity index (χ1n) is 11.8. The number of piperidine rings is 1. The predicted molar refractivity (Wildman–Crippen MR) is 127 cm³/mol. The van der Waals surface area contributed by atoms with Gasteiger partial charge in [-0.1, -0.05) is 43.2 Å². The van der Waals surface area contributed by atoms with Crippen molar-refractivity contribution < 1.29 is 0 Å². The quantitative estimate of drug-likeness (QED) is 0.566. The van der Waals surface area contributed by atoms with Crippen LogP contribution in [0.5, 0.6) is 0 Å². The standard InChI is InChI=1S/C25H31N3O2S/c29-23-22-20-12-6-2-7-13-21(20)31-24(22)27(17-16-26-14-8-3-9-15-26)25(30)28(23)18-19-10-4-1-5-11-19/h1,4-5,10-11H,2-3,6-9,12-18H2. The minimum atomic E-state index is -0.158. The van der Waals surface area contributed by atoms with Gasteiger partial charge in [0.2, 0.25) is 0 Å². The molecule has 2 aliphatic rings. The van der Waals surface area contributed by atoms with Crippen molar-refractivity contribution in [2.45, 2.75) is 64.5 Å². The summed E-state index contributed by atoms with van der Waals surface area (Å²) in [6, 6.07) is 9.87. The molecule has 0 radical (unpaired) electrons. The summed E-state index contributed by atoms with van der Waals surface area (Å²) in [5.74, 6) is 0. The molecule has 0 saturated carbocycles. The Morgan fingerprint density at radius 3 is 2.35 bits per heavy atom. The molecule has 0 atom stereocenters. The minimum Gasteiger partial charge on any atom is -0.302 e. The Morgan fingerprint density at radius 2 is 1.55 bits per heavy atom. The molecule has 0 N–H and O–H groups in total. The maximum absolute atomic E-state index is 13.6. The van der Waals surface area contributed by atoms with Crippen LogP contribution in [0.25, 0.3) is 10.2 Å². The van der Waals surface area contributed by atoms with Crippen LogP contribution in [0.1, 0.15) is 54.5 Å². The first kappa shape index (κ1) is 20.7. The highest BCUT2D eigenvalue weighted by Crippen LogP contribution is 2.33. The third-order valence-electron chi connectivity index (χ3n) is 6.84. The van der Waals surface area contributed by atoms with Gasteiger partial charge in [0.1, 0.15) is 4.83 Å². The third-order valence-corrected chi connectivity index (χ3v) is 8.16. The number of benzene rings is 1. The largest absolute Gasteiger partial charge is 0.332 e. The van der Waals surface area contributed by atoms with Crippen LogP contribution in [0.3, 0.4) is 0 Å². The van der Waals surface area contributed by atoms with Crippen molar-refractivity contribution in [3.05, 3.63) is 67.2 Å². The highest BCUT2D eigenvalue weighted by Gasteiger charge is 2.23. The SMILES string of the molecule is O=c1c2c3c(sc2n(CCN2CCCCC2)c(=O)n1Cc1ccccc1)CCCCC3. The van der Waals surface area contributed by atoms with E-state index in [1.807, 2.05) is 34.9 Å². The van der Waals surface area contributed by atoms with Crippen LogP contribution < -0.4 is 11.2 Å². The summed E-state index contributed by atoms with van der Waals surface area (Å²) in [6.45, 7) is 4.10. The number of thiophene rings is 1. The fraction of sp³-hybridized carbons (Fsp3) is 0.520. The number of hydrogen-bond donors (Lipinski definition) is 0. The van der Waals surface area contributed by atoms with Crippen LogP contribution in [-0.2, 0) is 25.9 Å². The molecule has 0 bridgehead atoms. The lowest BCUT2D eigenvalue weighted by Crippen LogP contribution is -2.42. The van der Waals surface area contributed by atoms with E-state index >= 15 is 0 Å². The molecule has 1 saturated heterocycles. The third kappa shape index (κ3) is 4.15. The molecule has 6 heteroatoms. The summed E-state index contributed by atoms with van der Waals surface area (Å²) in [7, 11) is 0. The monoisotopic (exact) mass is 437 g/mol. The average molecular weight is 438 g/mol. The molecule has 1 aliphatic heterocycles. The van der Waals surface area contributed by atoms with Crippen LogP contribution in [0.4, 0.5) is 0 Å². The van der Waals surface area contributed by atoms with Gasteiger partial charge in [0, 0.05) is 18.0 Å². The molecule has 0 spiro atoms. The van der Waals surface area contributed by atoms with Gasteiger partial charge in [-0.15, -0.1) is 11.3 Å². The molecule has 1 aromatic carbocycles. The Labute approximate surface area is 186 Å². The molecule has 0 amide bonds. The Hall–Kier alpha value is -2.18. The fourth-order valence-corrected chi connectivity index (χ4v) is 6.52. The van der Waals surface area contributed by atoms with Crippen molar-refractivity contribution in [1.29, 1.82) is 0 Å². The molecule has 1 fully saturated rings. The summed E-state index contributed by atoms with van der Waals surface area (Å²) in [5.41, 5.74) is 1.95. The zero-order valence-electron chi connectivity index (χ0n) is 18.1. The molecule has 3 aromatic rings. The van der Waals surface area contributed by atoms with Gasteiger partial charge in [-0.2, -0.15) is 0 Å². The Balaban J connectivity index is 1.62. The van der Waals surface area contributed by atoms with Crippen LogP contribution >= 0.6 is 11.3 Å². The second kappa shape index (κ2) is 9.13. The number of aryl methyl sites for hydroxylation is 2. The number of fused-ring (bicyclic) bond motifs is 3. The molecule has 5 nitrogen and oxygen atoms in total. The topological polar surface area (TPSA) is 47.2 Å². The fourth-order valence-electron chi connectivity index (χ4n) is 5.12. The van der Waals surface area contributed by atoms with Crippen molar-refractivity contribution >= 4 is 21.6 Å². The average Bonchev–Trinajstić information content (AvgIpc) is 3.00. The number of nitrogens with zero attached hydrogens (tertiary/aromatic N) is 3. The predicted octanol–water partition coefficient (Wildman–Crippen LogP) is 4.03. The van der Waals surface area contributed by atoms with Crippen LogP contribution in [-0.4, -0.2) is 33.7 Å². The summed E-state index contributed by atoms with van der Waals surface area (Å²) < 4.78 is 3.39. The maximum Gasteiger partial charge on any atom is 0.332 e. The van der Waals surface area contributed by atoms with Gasteiger partial charge in [-0.05, 0) is 62.7 Å². The normalized spacial score (nSPS) is 17.5. The van der Waals surface area contributed by atoms with Crippen molar-refractivity contribution in [3.63, 3.8) is 0 Å². The molecule has 31 heavy (non-hydrogen) atoms. The number of aromatic nitrogens is 2. The van der Waals surface area contributed by atoms with E-state index in [1.54, 1.807) is 11.3 Å². The van der Waals surface area contributed by atoms with Gasteiger partial charge in [0.25, 0.3) is 5.56 Å². The van der Waals surface area contributed by atoms with Gasteiger partial charge < -0.3 is 4.90 Å². The second-order valence-corrected chi connectivity index (χ2v) is 10.0. The first-order valence-corrected chi connectivity index (χ1v) is 12.6. The molecule has 5 rings (SSSR count). The van der Waals surface area contributed by atoms with E-state index in [2.05, 4.69) is 4.90 Å². The number of likely N-dealkylation sites (tertiary alicyclic amines) is 1. The Kier molecular flexibility index (Phi) is 6.10. The molecule has 1 aliphatic carbocycles. The highest BCUT2D eigenvalue weighted by molar-refractivity contribution is 7.18. The molecule has 3 heterocycles. The van der Waals surface area contributed by atoms with E-state index in [1.165, 1.54) is 47.1 Å². The highest BCUT2D eigenvalue weighted by atomic mass is 32.1. The lowest BCUT2D eigenvalue weighted by Gasteiger charge is -2.26. The number of rotatable bonds is 5. The van der Waals surface area contributed by atoms with Crippen molar-refractivity contribution in [2.24, 2.45) is 0 Å². The zero-order chi connectivity index (χ0) is 21.2. The Morgan fingerprint density at radius 1 is 0.806 bits per heavy atom. The van der Waals surface area contributed by atoms with Gasteiger partial charge in [0.05, 0.1) is 11.9 Å². The lowest BCUT2D eigenvalue weighted by molar-refractivity contribution is 0.220. The van der Waals surface area contributed by atoms with E-state index in [4.69, 9.17) is 0 Å². The van der Waals surface area contributed by atoms with Gasteiger partial charge in [0.15, 0.2) is 0 Å². The van der Waals surface area contributed by atoms with E-state index in [-0.39, 0.29) is 11.2 Å². The van der Waals surface area contributed by atoms with E-state index in [0.717, 1.165) is 54.7 Å². The van der Waals surface area contributed by atoms with Crippen LogP contribution in [0.2, 0.25) is 0 Å². The summed E-state index contributed by atoms with van der Waals surface area (Å²) in [4.78, 5) is 31.9.